The molecule has 1 aromatic carbocycles. The van der Waals surface area contributed by atoms with Gasteiger partial charge in [-0.3, -0.25) is 9.59 Å². The highest BCUT2D eigenvalue weighted by molar-refractivity contribution is 7.90. The fourth-order valence-corrected chi connectivity index (χ4v) is 2.73. The molecule has 0 fully saturated rings. The number of aromatic nitrogens is 1. The van der Waals surface area contributed by atoms with Crippen molar-refractivity contribution in [2.24, 2.45) is 0 Å². The Labute approximate surface area is 141 Å². The number of hydrogen-bond acceptors (Lipinski definition) is 4. The highest BCUT2D eigenvalue weighted by Crippen LogP contribution is 2.16. The molecule has 6 nitrogen and oxygen atoms in total. The van der Waals surface area contributed by atoms with Gasteiger partial charge in [-0.1, -0.05) is 30.3 Å². The highest BCUT2D eigenvalue weighted by Gasteiger charge is 2.16. The van der Waals surface area contributed by atoms with E-state index in [1.165, 1.54) is 16.8 Å². The van der Waals surface area contributed by atoms with Crippen molar-refractivity contribution in [1.82, 2.24) is 4.57 Å². The number of amides is 1. The second-order valence-electron chi connectivity index (χ2n) is 5.67. The third kappa shape index (κ3) is 4.79. The summed E-state index contributed by atoms with van der Waals surface area (Å²) in [5.41, 5.74) is 0.567. The molecule has 1 heterocycles. The summed E-state index contributed by atoms with van der Waals surface area (Å²) in [6, 6.07) is 12.4. The number of nitrogens with one attached hydrogen (secondary N) is 1. The minimum absolute atomic E-state index is 0.0512. The molecule has 24 heavy (non-hydrogen) atoms. The quantitative estimate of drug-likeness (QED) is 0.860. The van der Waals surface area contributed by atoms with E-state index < -0.39 is 21.3 Å². The van der Waals surface area contributed by atoms with Gasteiger partial charge in [0.05, 0.1) is 11.7 Å². The van der Waals surface area contributed by atoms with Crippen LogP contribution in [0.3, 0.4) is 0 Å². The van der Waals surface area contributed by atoms with Gasteiger partial charge in [-0.2, -0.15) is 0 Å². The maximum absolute atomic E-state index is 12.3. The van der Waals surface area contributed by atoms with E-state index >= 15 is 0 Å². The van der Waals surface area contributed by atoms with Crippen LogP contribution in [0.15, 0.2) is 53.5 Å². The van der Waals surface area contributed by atoms with Crippen molar-refractivity contribution in [1.29, 1.82) is 0 Å². The first-order valence-corrected chi connectivity index (χ1v) is 9.57. The van der Waals surface area contributed by atoms with Crippen LogP contribution in [-0.4, -0.2) is 30.9 Å². The van der Waals surface area contributed by atoms with Crippen LogP contribution in [0, 0.1) is 0 Å². The summed E-state index contributed by atoms with van der Waals surface area (Å²) in [5.74, 6) is -0.834. The van der Waals surface area contributed by atoms with Crippen LogP contribution in [0.4, 0.5) is 5.69 Å². The van der Waals surface area contributed by atoms with Crippen molar-refractivity contribution >= 4 is 21.4 Å². The van der Waals surface area contributed by atoms with Gasteiger partial charge in [0, 0.05) is 19.0 Å². The minimum Gasteiger partial charge on any atom is -0.321 e. The zero-order valence-electron chi connectivity index (χ0n) is 13.6. The molecule has 128 valence electrons. The molecule has 0 unspecified atom stereocenters. The fourth-order valence-electron chi connectivity index (χ4n) is 2.21. The smallest absolute Gasteiger partial charge is 0.274 e. The Morgan fingerprint density at radius 1 is 1.17 bits per heavy atom. The Hall–Kier alpha value is -2.41. The predicted molar refractivity (Wildman–Crippen MR) is 93.9 cm³/mol. The summed E-state index contributed by atoms with van der Waals surface area (Å²) in [7, 11) is -3.17. The van der Waals surface area contributed by atoms with Gasteiger partial charge in [0.15, 0.2) is 0 Å². The first kappa shape index (κ1) is 17.9. The van der Waals surface area contributed by atoms with Gasteiger partial charge in [0.1, 0.15) is 15.5 Å². The molecule has 2 rings (SSSR count). The molecule has 0 radical (unpaired) electrons. The van der Waals surface area contributed by atoms with E-state index in [0.717, 1.165) is 11.8 Å². The summed E-state index contributed by atoms with van der Waals surface area (Å²) in [6.07, 6.45) is 2.62. The largest absolute Gasteiger partial charge is 0.321 e. The van der Waals surface area contributed by atoms with Gasteiger partial charge < -0.3 is 9.88 Å². The molecular formula is C17H20N2O4S. The van der Waals surface area contributed by atoms with Crippen molar-refractivity contribution in [3.63, 3.8) is 0 Å². The van der Waals surface area contributed by atoms with Crippen LogP contribution >= 0.6 is 0 Å². The maximum Gasteiger partial charge on any atom is 0.274 e. The molecule has 0 aliphatic carbocycles. The maximum atomic E-state index is 12.3. The van der Waals surface area contributed by atoms with Crippen LogP contribution in [0.25, 0.3) is 0 Å². The van der Waals surface area contributed by atoms with Crippen molar-refractivity contribution in [3.8, 4) is 0 Å². The number of benzene rings is 1. The standard InChI is InChI=1S/C17H20N2O4S/c1-13(14-7-4-3-5-8-14)16(20)18-15-9-6-10-19(17(15)21)11-12-24(2,22)23/h3-10,13H,11-12H2,1-2H3,(H,18,20)/t13-/m0/s1. The normalized spacial score (nSPS) is 12.6. The average molecular weight is 348 g/mol. The van der Waals surface area contributed by atoms with Crippen LogP contribution < -0.4 is 10.9 Å². The van der Waals surface area contributed by atoms with Gasteiger partial charge in [0.2, 0.25) is 5.91 Å². The van der Waals surface area contributed by atoms with Crippen molar-refractivity contribution in [3.05, 3.63) is 64.6 Å². The lowest BCUT2D eigenvalue weighted by Crippen LogP contribution is -2.29. The number of rotatable bonds is 6. The number of sulfone groups is 1. The average Bonchev–Trinajstić information content (AvgIpc) is 2.55. The Kier molecular flexibility index (Phi) is 5.56. The van der Waals surface area contributed by atoms with Gasteiger partial charge in [-0.25, -0.2) is 8.42 Å². The number of anilines is 1. The molecule has 1 aromatic heterocycles. The van der Waals surface area contributed by atoms with E-state index in [9.17, 15) is 18.0 Å². The van der Waals surface area contributed by atoms with E-state index in [4.69, 9.17) is 0 Å². The summed E-state index contributed by atoms with van der Waals surface area (Å²) in [5, 5.41) is 2.62. The number of carbonyl (C=O) groups is 1. The third-order valence-electron chi connectivity index (χ3n) is 3.67. The Balaban J connectivity index is 2.15. The molecule has 0 aliphatic rings. The zero-order chi connectivity index (χ0) is 17.7. The van der Waals surface area contributed by atoms with Crippen molar-refractivity contribution in [2.75, 3.05) is 17.3 Å². The van der Waals surface area contributed by atoms with Gasteiger partial charge in [-0.15, -0.1) is 0 Å². The van der Waals surface area contributed by atoms with Crippen LogP contribution in [-0.2, 0) is 21.2 Å². The molecule has 1 N–H and O–H groups in total. The van der Waals surface area contributed by atoms with E-state index in [-0.39, 0.29) is 23.9 Å². The molecule has 0 bridgehead atoms. The fraction of sp³-hybridized carbons (Fsp3) is 0.294. The van der Waals surface area contributed by atoms with Crippen molar-refractivity contribution < 1.29 is 13.2 Å². The monoisotopic (exact) mass is 348 g/mol. The molecule has 0 aliphatic heterocycles. The molecule has 2 aromatic rings. The Morgan fingerprint density at radius 3 is 2.46 bits per heavy atom. The number of aryl methyl sites for hydroxylation is 1. The molecule has 0 saturated carbocycles. The Bertz CT molecular complexity index is 873. The second-order valence-corrected chi connectivity index (χ2v) is 7.93. The summed E-state index contributed by atoms with van der Waals surface area (Å²) in [4.78, 5) is 24.7. The first-order valence-electron chi connectivity index (χ1n) is 7.51. The number of pyridine rings is 1. The second kappa shape index (κ2) is 7.44. The van der Waals surface area contributed by atoms with Crippen LogP contribution in [0.1, 0.15) is 18.4 Å². The van der Waals surface area contributed by atoms with Gasteiger partial charge >= 0.3 is 0 Å². The zero-order valence-corrected chi connectivity index (χ0v) is 14.4. The lowest BCUT2D eigenvalue weighted by atomic mass is 10.0. The first-order chi connectivity index (χ1) is 11.3. The highest BCUT2D eigenvalue weighted by atomic mass is 32.2. The van der Waals surface area contributed by atoms with Crippen LogP contribution in [0.2, 0.25) is 0 Å². The topological polar surface area (TPSA) is 85.2 Å². The SMILES string of the molecule is C[C@H](C(=O)Nc1cccn(CCS(C)(=O)=O)c1=O)c1ccccc1. The summed E-state index contributed by atoms with van der Waals surface area (Å²) in [6.45, 7) is 1.81. The van der Waals surface area contributed by atoms with E-state index in [1.807, 2.05) is 30.3 Å². The van der Waals surface area contributed by atoms with Crippen LogP contribution in [0.5, 0.6) is 0 Å². The van der Waals surface area contributed by atoms with Gasteiger partial charge in [0.25, 0.3) is 5.56 Å². The van der Waals surface area contributed by atoms with E-state index in [0.29, 0.717) is 0 Å². The summed E-state index contributed by atoms with van der Waals surface area (Å²) < 4.78 is 23.8. The predicted octanol–water partition coefficient (Wildman–Crippen LogP) is 1.64. The molecule has 0 spiro atoms. The third-order valence-corrected chi connectivity index (χ3v) is 4.60. The molecule has 7 heteroatoms. The number of hydrogen-bond donors (Lipinski definition) is 1. The van der Waals surface area contributed by atoms with Crippen molar-refractivity contribution in [2.45, 2.75) is 19.4 Å². The lowest BCUT2D eigenvalue weighted by molar-refractivity contribution is -0.117. The van der Waals surface area contributed by atoms with Gasteiger partial charge in [-0.05, 0) is 24.6 Å². The molecule has 0 saturated heterocycles. The lowest BCUT2D eigenvalue weighted by Gasteiger charge is -2.13. The number of nitrogens with zero attached hydrogens (tertiary/aromatic N) is 1. The molecule has 1 atom stereocenters. The molecular weight excluding hydrogens is 328 g/mol. The van der Waals surface area contributed by atoms with E-state index in [2.05, 4.69) is 5.32 Å². The summed E-state index contributed by atoms with van der Waals surface area (Å²) >= 11 is 0. The Morgan fingerprint density at radius 2 is 1.83 bits per heavy atom. The van der Waals surface area contributed by atoms with E-state index in [1.54, 1.807) is 13.0 Å². The minimum atomic E-state index is -3.17. The number of carbonyl (C=O) groups excluding carboxylic acids is 1. The molecule has 1 amide bonds.